The molecule has 0 saturated carbocycles. The molecule has 0 bridgehead atoms. The Hall–Kier alpha value is -4.65. The molecule has 0 radical (unpaired) electrons. The minimum Gasteiger partial charge on any atom is -0.396 e. The van der Waals surface area contributed by atoms with Gasteiger partial charge in [-0.3, -0.25) is 0 Å². The van der Waals surface area contributed by atoms with Crippen LogP contribution in [0, 0.1) is 57.6 Å². The van der Waals surface area contributed by atoms with Gasteiger partial charge in [-0.05, 0) is 24.3 Å². The number of nitrogens with one attached hydrogen (secondary N) is 1. The van der Waals surface area contributed by atoms with E-state index in [-0.39, 0.29) is 45.7 Å². The lowest BCUT2D eigenvalue weighted by Crippen LogP contribution is -2.10. The van der Waals surface area contributed by atoms with Gasteiger partial charge in [-0.15, -0.1) is 0 Å². The molecule has 2 aromatic carbocycles. The van der Waals surface area contributed by atoms with E-state index < -0.39 is 80.7 Å². The number of rotatable bonds is 2. The van der Waals surface area contributed by atoms with E-state index in [1.54, 1.807) is 12.1 Å². The highest BCUT2D eigenvalue weighted by Crippen LogP contribution is 2.36. The summed E-state index contributed by atoms with van der Waals surface area (Å²) in [5.41, 5.74) is -0.372. The Morgan fingerprint density at radius 2 is 1.02 bits per heavy atom. The van der Waals surface area contributed by atoms with Crippen LogP contribution in [0.15, 0.2) is 36.4 Å². The lowest BCUT2D eigenvalue weighted by Gasteiger charge is -2.13. The number of halogens is 15. The van der Waals surface area contributed by atoms with E-state index in [1.807, 2.05) is 5.32 Å². The lowest BCUT2D eigenvalue weighted by atomic mass is 10.1. The number of nitriles is 2. The summed E-state index contributed by atoms with van der Waals surface area (Å²) in [5.74, 6) is -8.68. The first-order chi connectivity index (χ1) is 21.6. The predicted molar refractivity (Wildman–Crippen MR) is 143 cm³/mol. The maximum Gasteiger partial charge on any atom is 0.419 e. The van der Waals surface area contributed by atoms with Gasteiger partial charge >= 0.3 is 12.4 Å². The molecule has 2 aromatic heterocycles. The van der Waals surface area contributed by atoms with E-state index in [4.69, 9.17) is 51.1 Å². The van der Waals surface area contributed by atoms with E-state index in [9.17, 15) is 52.7 Å². The van der Waals surface area contributed by atoms with Gasteiger partial charge in [-0.1, -0.05) is 34.8 Å². The van der Waals surface area contributed by atoms with E-state index in [1.165, 1.54) is 0 Å². The Balaban J connectivity index is 0.000000270. The van der Waals surface area contributed by atoms with Gasteiger partial charge in [-0.2, -0.15) is 36.9 Å². The maximum absolute atomic E-state index is 13.7. The second-order valence-electron chi connectivity index (χ2n) is 8.27. The predicted octanol–water partition coefficient (Wildman–Crippen LogP) is 9.75. The quantitative estimate of drug-likeness (QED) is 0.120. The molecule has 3 N–H and O–H groups in total. The number of nitrogen functional groups attached to an aromatic ring is 1. The molecule has 0 atom stereocenters. The molecule has 0 amide bonds. The number of nitrogens with two attached hydrogens (primary N) is 1. The van der Waals surface area contributed by atoms with Crippen LogP contribution in [-0.4, -0.2) is 9.97 Å². The fraction of sp³-hybridized carbons (Fsp3) is 0.0769. The number of hydrogen-bond donors (Lipinski definition) is 2. The molecule has 2 heterocycles. The number of nitrogens with zero attached hydrogens (tertiary/aromatic N) is 4. The molecule has 0 aliphatic rings. The summed E-state index contributed by atoms with van der Waals surface area (Å²) < 4.78 is 152. The highest BCUT2D eigenvalue weighted by Gasteiger charge is 2.36. The van der Waals surface area contributed by atoms with Crippen LogP contribution < -0.4 is 11.1 Å². The zero-order valence-corrected chi connectivity index (χ0v) is 24.3. The van der Waals surface area contributed by atoms with Crippen molar-refractivity contribution in [1.29, 1.82) is 10.5 Å². The zero-order chi connectivity index (χ0) is 36.0. The van der Waals surface area contributed by atoms with Crippen molar-refractivity contribution in [2.75, 3.05) is 11.1 Å². The molecule has 0 fully saturated rings. The van der Waals surface area contributed by atoms with Crippen LogP contribution >= 0.6 is 34.8 Å². The van der Waals surface area contributed by atoms with Crippen LogP contribution in [0.25, 0.3) is 0 Å². The molecule has 0 aliphatic heterocycles. The van der Waals surface area contributed by atoms with Crippen molar-refractivity contribution in [3.63, 3.8) is 0 Å². The molecule has 21 heteroatoms. The molecule has 47 heavy (non-hydrogen) atoms. The van der Waals surface area contributed by atoms with E-state index in [0.717, 1.165) is 6.07 Å². The molecule has 4 aromatic rings. The van der Waals surface area contributed by atoms with Crippen LogP contribution in [0.1, 0.15) is 22.3 Å². The van der Waals surface area contributed by atoms with Gasteiger partial charge in [0.05, 0.1) is 33.6 Å². The Bertz CT molecular complexity index is 1890. The van der Waals surface area contributed by atoms with Crippen molar-refractivity contribution in [3.8, 4) is 12.1 Å². The summed E-state index contributed by atoms with van der Waals surface area (Å²) in [7, 11) is 0. The highest BCUT2D eigenvalue weighted by atomic mass is 35.5. The monoisotopic (exact) mass is 738 g/mol. The van der Waals surface area contributed by atoms with Crippen LogP contribution in [0.3, 0.4) is 0 Å². The Kier molecular flexibility index (Phi) is 12.5. The molecule has 4 rings (SSSR count). The smallest absolute Gasteiger partial charge is 0.396 e. The van der Waals surface area contributed by atoms with Crippen LogP contribution in [-0.2, 0) is 12.4 Å². The third-order valence-corrected chi connectivity index (χ3v) is 5.91. The number of aromatic nitrogens is 2. The topological polar surface area (TPSA) is 111 Å². The van der Waals surface area contributed by atoms with Gasteiger partial charge in [0.2, 0.25) is 0 Å². The Labute approximate surface area is 269 Å². The molecule has 0 aliphatic carbocycles. The number of benzene rings is 2. The van der Waals surface area contributed by atoms with Gasteiger partial charge in [0.15, 0.2) is 22.6 Å². The summed E-state index contributed by atoms with van der Waals surface area (Å²) in [6.07, 6.45) is -9.92. The third kappa shape index (κ3) is 10.2. The minimum absolute atomic E-state index is 0.00825. The average molecular weight is 740 g/mol. The summed E-state index contributed by atoms with van der Waals surface area (Å²) in [5, 5.41) is 18.1. The molecule has 0 saturated heterocycles. The fourth-order valence-corrected chi connectivity index (χ4v) is 3.47. The first kappa shape index (κ1) is 38.5. The van der Waals surface area contributed by atoms with Crippen LogP contribution in [0.2, 0.25) is 15.5 Å². The lowest BCUT2D eigenvalue weighted by molar-refractivity contribution is -0.140. The SMILES string of the molecule is N#Cc1cc(F)c(Cl)nc1Cl.N#Cc1cc(F)c(Nc2cc(C(F)(F)F)c(F)cc2F)nc1Cl.Nc1cc(C(F)(F)F)c(F)cc1F. The second kappa shape index (κ2) is 15.3. The van der Waals surface area contributed by atoms with Gasteiger partial charge in [-0.25, -0.2) is 36.3 Å². The number of pyridine rings is 2. The van der Waals surface area contributed by atoms with Crippen molar-refractivity contribution in [2.45, 2.75) is 12.4 Å². The van der Waals surface area contributed by atoms with Crippen LogP contribution in [0.5, 0.6) is 0 Å². The maximum atomic E-state index is 13.7. The molecular weight excluding hydrogens is 731 g/mol. The molecule has 6 nitrogen and oxygen atoms in total. The summed E-state index contributed by atoms with van der Waals surface area (Å²) in [4.78, 5) is 6.79. The van der Waals surface area contributed by atoms with Gasteiger partial charge in [0, 0.05) is 12.1 Å². The van der Waals surface area contributed by atoms with Gasteiger partial charge < -0.3 is 11.1 Å². The third-order valence-electron chi connectivity index (χ3n) is 5.06. The summed E-state index contributed by atoms with van der Waals surface area (Å²) >= 11 is 16.2. The first-order valence-corrected chi connectivity index (χ1v) is 12.6. The van der Waals surface area contributed by atoms with Gasteiger partial charge in [0.1, 0.15) is 45.7 Å². The molecule has 0 spiro atoms. The molecular formula is C26H9Cl3F12N6. The normalized spacial score (nSPS) is 10.9. The van der Waals surface area contributed by atoms with Crippen molar-refractivity contribution in [1.82, 2.24) is 9.97 Å². The van der Waals surface area contributed by atoms with Crippen LogP contribution in [0.4, 0.5) is 69.9 Å². The van der Waals surface area contributed by atoms with Crippen molar-refractivity contribution in [3.05, 3.63) is 109 Å². The standard InChI is InChI=1S/C13H4ClF6N3.C7H4F5N.C6HCl2FN2/c14-11-5(4-21)1-9(17)12(23-11)22-10-2-6(13(18,19)20)7(15)3-8(10)16;8-4-2-5(9)6(13)1-3(4)7(10,11)12;7-5-3(2-10)1-4(9)6(8)11-5/h1-3H,(H,22,23);1-2H,13H2;1H. The van der Waals surface area contributed by atoms with Crippen molar-refractivity contribution < 1.29 is 52.7 Å². The van der Waals surface area contributed by atoms with Crippen molar-refractivity contribution >= 4 is 52.0 Å². The Morgan fingerprint density at radius 3 is 1.51 bits per heavy atom. The van der Waals surface area contributed by atoms with Gasteiger partial charge in [0.25, 0.3) is 0 Å². The highest BCUT2D eigenvalue weighted by molar-refractivity contribution is 6.33. The van der Waals surface area contributed by atoms with Crippen molar-refractivity contribution in [2.24, 2.45) is 0 Å². The largest absolute Gasteiger partial charge is 0.419 e. The fourth-order valence-electron chi connectivity index (χ4n) is 2.93. The number of anilines is 3. The number of hydrogen-bond acceptors (Lipinski definition) is 6. The first-order valence-electron chi connectivity index (χ1n) is 11.4. The summed E-state index contributed by atoms with van der Waals surface area (Å²) in [6, 6.07) is 5.30. The molecule has 248 valence electrons. The Morgan fingerprint density at radius 1 is 0.574 bits per heavy atom. The molecule has 0 unspecified atom stereocenters. The van der Waals surface area contributed by atoms with E-state index >= 15 is 0 Å². The summed E-state index contributed by atoms with van der Waals surface area (Å²) in [6.45, 7) is 0. The zero-order valence-electron chi connectivity index (χ0n) is 22.0. The number of alkyl halides is 6. The van der Waals surface area contributed by atoms with E-state index in [2.05, 4.69) is 9.97 Å². The second-order valence-corrected chi connectivity index (χ2v) is 9.34. The van der Waals surface area contributed by atoms with E-state index in [0.29, 0.717) is 6.07 Å². The minimum atomic E-state index is -5.07. The average Bonchev–Trinajstić information content (AvgIpc) is 2.95.